The van der Waals surface area contributed by atoms with Crippen LogP contribution in [0.15, 0.2) is 34.3 Å². The molecule has 2 aromatic rings. The van der Waals surface area contributed by atoms with E-state index in [9.17, 15) is 14.3 Å². The number of nitrogens with zero attached hydrogens (tertiary/aromatic N) is 2. The van der Waals surface area contributed by atoms with Gasteiger partial charge in [-0.2, -0.15) is 0 Å². The second kappa shape index (κ2) is 5.66. The van der Waals surface area contributed by atoms with Crippen molar-refractivity contribution in [3.63, 3.8) is 0 Å². The van der Waals surface area contributed by atoms with Crippen LogP contribution in [0.2, 0.25) is 0 Å². The summed E-state index contributed by atoms with van der Waals surface area (Å²) in [6, 6.07) is 5.45. The molecular weight excluding hydrogens is 269 g/mol. The van der Waals surface area contributed by atoms with Gasteiger partial charge < -0.3 is 9.90 Å². The molecule has 0 bridgehead atoms. The molecule has 0 radical (unpaired) electrons. The minimum absolute atomic E-state index is 0.0504. The zero-order valence-electron chi connectivity index (χ0n) is 9.88. The van der Waals surface area contributed by atoms with Gasteiger partial charge in [-0.3, -0.25) is 5.10 Å². The van der Waals surface area contributed by atoms with Crippen LogP contribution in [0.3, 0.4) is 0 Å². The topological polar surface area (TPSA) is 81.7 Å². The highest BCUT2D eigenvalue weighted by molar-refractivity contribution is 8.04. The van der Waals surface area contributed by atoms with Gasteiger partial charge in [0, 0.05) is 4.91 Å². The van der Waals surface area contributed by atoms with Crippen molar-refractivity contribution in [1.29, 1.82) is 0 Å². The van der Waals surface area contributed by atoms with Crippen molar-refractivity contribution in [2.45, 2.75) is 12.1 Å². The Morgan fingerprint density at radius 3 is 2.63 bits per heavy atom. The van der Waals surface area contributed by atoms with E-state index in [1.54, 1.807) is 6.92 Å². The summed E-state index contributed by atoms with van der Waals surface area (Å²) in [6.45, 7) is 1.71. The third-order valence-corrected chi connectivity index (χ3v) is 3.02. The summed E-state index contributed by atoms with van der Waals surface area (Å²) in [7, 11) is 0. The van der Waals surface area contributed by atoms with E-state index in [4.69, 9.17) is 0 Å². The molecule has 7 heteroatoms. The summed E-state index contributed by atoms with van der Waals surface area (Å²) in [5, 5.41) is 17.8. The summed E-state index contributed by atoms with van der Waals surface area (Å²) in [5.74, 6) is -1.14. The highest BCUT2D eigenvalue weighted by Gasteiger charge is 2.07. The summed E-state index contributed by atoms with van der Waals surface area (Å²) in [5.41, 5.74) is 0.556. The second-order valence-corrected chi connectivity index (χ2v) is 4.66. The fraction of sp³-hybridized carbons (Fsp3) is 0.0833. The number of benzene rings is 1. The van der Waals surface area contributed by atoms with E-state index in [1.807, 2.05) is 0 Å². The molecule has 0 aliphatic heterocycles. The van der Waals surface area contributed by atoms with Crippen molar-refractivity contribution >= 4 is 23.8 Å². The lowest BCUT2D eigenvalue weighted by molar-refractivity contribution is -0.297. The average Bonchev–Trinajstić information content (AvgIpc) is 2.76. The minimum atomic E-state index is -1.34. The second-order valence-electron chi connectivity index (χ2n) is 3.65. The molecule has 0 saturated carbocycles. The number of thioether (sulfide) groups is 1. The molecule has 0 amide bonds. The summed E-state index contributed by atoms with van der Waals surface area (Å²) < 4.78 is 12.8. The summed E-state index contributed by atoms with van der Waals surface area (Å²) >= 11 is 0.869. The fourth-order valence-corrected chi connectivity index (χ4v) is 2.06. The number of aliphatic carboxylic acids is 1. The van der Waals surface area contributed by atoms with Crippen molar-refractivity contribution in [1.82, 2.24) is 15.2 Å². The number of halogens is 1. The van der Waals surface area contributed by atoms with Gasteiger partial charge >= 0.3 is 0 Å². The molecule has 0 atom stereocenters. The number of carboxylic acids is 1. The van der Waals surface area contributed by atoms with E-state index in [1.165, 1.54) is 30.3 Å². The zero-order valence-corrected chi connectivity index (χ0v) is 10.7. The predicted octanol–water partition coefficient (Wildman–Crippen LogP) is 1.14. The SMILES string of the molecule is Cc1nc(S/C(=C\c2ccc(F)cc2)C(=O)[O-])n[nH]1. The number of carbonyl (C=O) groups is 1. The first kappa shape index (κ1) is 13.3. The number of H-pyrrole nitrogens is 1. The van der Waals surface area contributed by atoms with Crippen LogP contribution in [0.1, 0.15) is 11.4 Å². The molecule has 0 fully saturated rings. The Labute approximate surface area is 112 Å². The summed E-state index contributed by atoms with van der Waals surface area (Å²) in [6.07, 6.45) is 1.38. The van der Waals surface area contributed by atoms with E-state index >= 15 is 0 Å². The average molecular weight is 278 g/mol. The first-order valence-electron chi connectivity index (χ1n) is 5.30. The van der Waals surface area contributed by atoms with Gasteiger partial charge in [-0.1, -0.05) is 12.1 Å². The van der Waals surface area contributed by atoms with Crippen LogP contribution in [0.25, 0.3) is 6.08 Å². The molecule has 0 aliphatic carbocycles. The first-order valence-corrected chi connectivity index (χ1v) is 6.12. The molecule has 19 heavy (non-hydrogen) atoms. The normalized spacial score (nSPS) is 11.6. The Morgan fingerprint density at radius 1 is 1.42 bits per heavy atom. The van der Waals surface area contributed by atoms with Crippen molar-refractivity contribution in [2.75, 3.05) is 0 Å². The molecule has 1 aromatic carbocycles. The van der Waals surface area contributed by atoms with Gasteiger partial charge in [0.15, 0.2) is 0 Å². The smallest absolute Gasteiger partial charge is 0.213 e. The molecule has 98 valence electrons. The maximum absolute atomic E-state index is 12.8. The molecule has 1 aromatic heterocycles. The zero-order chi connectivity index (χ0) is 13.8. The Bertz CT molecular complexity index is 622. The van der Waals surface area contributed by atoms with Gasteiger partial charge in [-0.25, -0.2) is 9.37 Å². The highest BCUT2D eigenvalue weighted by Crippen LogP contribution is 2.24. The predicted molar refractivity (Wildman–Crippen MR) is 66.4 cm³/mol. The highest BCUT2D eigenvalue weighted by atomic mass is 32.2. The van der Waals surface area contributed by atoms with Gasteiger partial charge in [0.25, 0.3) is 0 Å². The quantitative estimate of drug-likeness (QED) is 0.670. The van der Waals surface area contributed by atoms with E-state index in [-0.39, 0.29) is 15.9 Å². The lowest BCUT2D eigenvalue weighted by Gasteiger charge is -2.05. The third kappa shape index (κ3) is 3.65. The molecule has 0 aliphatic rings. The van der Waals surface area contributed by atoms with E-state index in [2.05, 4.69) is 15.2 Å². The van der Waals surface area contributed by atoms with Gasteiger partial charge in [0.1, 0.15) is 11.6 Å². The van der Waals surface area contributed by atoms with Gasteiger partial charge in [0.2, 0.25) is 5.16 Å². The Balaban J connectivity index is 2.24. The number of hydrogen-bond donors (Lipinski definition) is 1. The Morgan fingerprint density at radius 2 is 2.11 bits per heavy atom. The molecular formula is C12H9FN3O2S-. The van der Waals surface area contributed by atoms with Crippen molar-refractivity contribution in [3.05, 3.63) is 46.4 Å². The maximum atomic E-state index is 12.8. The number of carboxylic acid groups (broad SMARTS) is 1. The van der Waals surface area contributed by atoms with Gasteiger partial charge in [0.05, 0.1) is 5.97 Å². The van der Waals surface area contributed by atoms with E-state index < -0.39 is 5.97 Å². The number of aromatic nitrogens is 3. The van der Waals surface area contributed by atoms with Crippen LogP contribution in [0, 0.1) is 12.7 Å². The maximum Gasteiger partial charge on any atom is 0.213 e. The molecule has 2 rings (SSSR count). The Hall–Kier alpha value is -2.15. The van der Waals surface area contributed by atoms with Crippen LogP contribution < -0.4 is 5.11 Å². The van der Waals surface area contributed by atoms with E-state index in [0.717, 1.165) is 11.8 Å². The number of aromatic amines is 1. The van der Waals surface area contributed by atoms with Crippen LogP contribution >= 0.6 is 11.8 Å². The molecule has 0 saturated heterocycles. The number of nitrogens with one attached hydrogen (secondary N) is 1. The molecule has 1 N–H and O–H groups in total. The minimum Gasteiger partial charge on any atom is -0.544 e. The third-order valence-electron chi connectivity index (χ3n) is 2.15. The van der Waals surface area contributed by atoms with Crippen LogP contribution in [0.5, 0.6) is 0 Å². The standard InChI is InChI=1S/C12H10FN3O2S/c1-7-14-12(16-15-7)19-10(11(17)18)6-8-2-4-9(13)5-3-8/h2-6H,1H3,(H,17,18)(H,14,15,16)/p-1/b10-6-. The van der Waals surface area contributed by atoms with Crippen LogP contribution in [-0.4, -0.2) is 21.2 Å². The molecule has 1 heterocycles. The molecule has 0 spiro atoms. The number of aryl methyl sites for hydroxylation is 1. The number of hydrogen-bond acceptors (Lipinski definition) is 5. The largest absolute Gasteiger partial charge is 0.544 e. The van der Waals surface area contributed by atoms with Crippen LogP contribution in [0.4, 0.5) is 4.39 Å². The monoisotopic (exact) mass is 278 g/mol. The molecule has 5 nitrogen and oxygen atoms in total. The van der Waals surface area contributed by atoms with Crippen LogP contribution in [-0.2, 0) is 4.79 Å². The van der Waals surface area contributed by atoms with Crippen molar-refractivity contribution < 1.29 is 14.3 Å². The van der Waals surface area contributed by atoms with Gasteiger partial charge in [-0.05, 0) is 42.5 Å². The lowest BCUT2D eigenvalue weighted by atomic mass is 10.2. The fourth-order valence-electron chi connectivity index (χ4n) is 1.31. The molecule has 0 unspecified atom stereocenters. The van der Waals surface area contributed by atoms with Crippen molar-refractivity contribution in [3.8, 4) is 0 Å². The number of rotatable bonds is 4. The number of carbonyl (C=O) groups excluding carboxylic acids is 1. The first-order chi connectivity index (χ1) is 9.04. The van der Waals surface area contributed by atoms with Gasteiger partial charge in [-0.15, -0.1) is 5.10 Å². The lowest BCUT2D eigenvalue weighted by Crippen LogP contribution is -2.23. The summed E-state index contributed by atoms with van der Waals surface area (Å²) in [4.78, 5) is 15.0. The van der Waals surface area contributed by atoms with Crippen molar-refractivity contribution in [2.24, 2.45) is 0 Å². The Kier molecular flexibility index (Phi) is 3.96. The van der Waals surface area contributed by atoms with E-state index in [0.29, 0.717) is 11.4 Å².